The topological polar surface area (TPSA) is 26.0 Å². The lowest BCUT2D eigenvalue weighted by molar-refractivity contribution is 0.483. The molecule has 0 amide bonds. The second-order valence-corrected chi connectivity index (χ2v) is 2.80. The second-order valence-electron chi connectivity index (χ2n) is 2.80. The van der Waals surface area contributed by atoms with Gasteiger partial charge >= 0.3 is 0 Å². The van der Waals surface area contributed by atoms with E-state index in [0.717, 1.165) is 6.07 Å². The van der Waals surface area contributed by atoms with Gasteiger partial charge in [-0.3, -0.25) is 0 Å². The predicted molar refractivity (Wildman–Crippen MR) is 43.5 cm³/mol. The molecule has 0 fully saturated rings. The second kappa shape index (κ2) is 3.79. The van der Waals surface area contributed by atoms with Crippen LogP contribution in [0.4, 0.5) is 13.2 Å². The van der Waals surface area contributed by atoms with Crippen molar-refractivity contribution in [1.29, 1.82) is 0 Å². The van der Waals surface area contributed by atoms with E-state index in [9.17, 15) is 13.2 Å². The van der Waals surface area contributed by atoms with Crippen LogP contribution in [-0.4, -0.2) is 0 Å². The van der Waals surface area contributed by atoms with Crippen LogP contribution < -0.4 is 5.73 Å². The van der Waals surface area contributed by atoms with Crippen molar-refractivity contribution in [3.05, 3.63) is 35.1 Å². The van der Waals surface area contributed by atoms with Gasteiger partial charge < -0.3 is 5.73 Å². The van der Waals surface area contributed by atoms with Crippen LogP contribution in [0.15, 0.2) is 12.1 Å². The van der Waals surface area contributed by atoms with Crippen LogP contribution in [0.25, 0.3) is 0 Å². The van der Waals surface area contributed by atoms with E-state index < -0.39 is 23.5 Å². The molecule has 1 aromatic rings. The molecule has 0 spiro atoms. The fourth-order valence-corrected chi connectivity index (χ4v) is 1.04. The van der Waals surface area contributed by atoms with Crippen molar-refractivity contribution in [2.75, 3.05) is 0 Å². The first-order chi connectivity index (χ1) is 6.06. The van der Waals surface area contributed by atoms with Crippen LogP contribution in [0.3, 0.4) is 0 Å². The molecule has 4 heteroatoms. The summed E-state index contributed by atoms with van der Waals surface area (Å²) >= 11 is 0. The Bertz CT molecular complexity index is 312. The van der Waals surface area contributed by atoms with Crippen molar-refractivity contribution >= 4 is 0 Å². The zero-order valence-corrected chi connectivity index (χ0v) is 7.15. The summed E-state index contributed by atoms with van der Waals surface area (Å²) in [4.78, 5) is 0. The summed E-state index contributed by atoms with van der Waals surface area (Å²) in [7, 11) is 0. The molecule has 1 unspecified atom stereocenters. The summed E-state index contributed by atoms with van der Waals surface area (Å²) in [5.74, 6) is -3.06. The Labute approximate surface area is 74.4 Å². The molecular formula is C9H10F3N. The van der Waals surface area contributed by atoms with Gasteiger partial charge in [0.15, 0.2) is 11.6 Å². The molecule has 72 valence electrons. The molecule has 0 aliphatic heterocycles. The van der Waals surface area contributed by atoms with E-state index >= 15 is 0 Å². The maximum Gasteiger partial charge on any atom is 0.161 e. The summed E-state index contributed by atoms with van der Waals surface area (Å²) < 4.78 is 38.1. The third kappa shape index (κ3) is 2.01. The Hall–Kier alpha value is -1.03. The summed E-state index contributed by atoms with van der Waals surface area (Å²) in [6.45, 7) is 1.74. The van der Waals surface area contributed by atoms with Crippen LogP contribution in [0, 0.1) is 17.5 Å². The fourth-order valence-electron chi connectivity index (χ4n) is 1.04. The summed E-state index contributed by atoms with van der Waals surface area (Å²) in [6, 6.07) is 0.731. The number of halogens is 3. The molecule has 1 rings (SSSR count). The van der Waals surface area contributed by atoms with Gasteiger partial charge in [0.2, 0.25) is 0 Å². The average molecular weight is 189 g/mol. The van der Waals surface area contributed by atoms with Gasteiger partial charge in [0.1, 0.15) is 5.82 Å². The highest BCUT2D eigenvalue weighted by Crippen LogP contribution is 2.20. The van der Waals surface area contributed by atoms with E-state index in [1.54, 1.807) is 6.92 Å². The van der Waals surface area contributed by atoms with Crippen molar-refractivity contribution in [2.24, 2.45) is 5.73 Å². The molecule has 1 atom stereocenters. The largest absolute Gasteiger partial charge is 0.324 e. The first-order valence-electron chi connectivity index (χ1n) is 3.96. The van der Waals surface area contributed by atoms with Crippen LogP contribution in [0.1, 0.15) is 24.9 Å². The van der Waals surface area contributed by atoms with Gasteiger partial charge in [0.25, 0.3) is 0 Å². The van der Waals surface area contributed by atoms with E-state index in [2.05, 4.69) is 0 Å². The van der Waals surface area contributed by atoms with Gasteiger partial charge in [-0.15, -0.1) is 0 Å². The van der Waals surface area contributed by atoms with Gasteiger partial charge in [0, 0.05) is 17.7 Å². The van der Waals surface area contributed by atoms with Crippen molar-refractivity contribution in [1.82, 2.24) is 0 Å². The van der Waals surface area contributed by atoms with Gasteiger partial charge in [-0.05, 0) is 12.5 Å². The van der Waals surface area contributed by atoms with Crippen molar-refractivity contribution in [2.45, 2.75) is 19.4 Å². The normalized spacial score (nSPS) is 13.0. The van der Waals surface area contributed by atoms with Crippen LogP contribution >= 0.6 is 0 Å². The van der Waals surface area contributed by atoms with Crippen molar-refractivity contribution < 1.29 is 13.2 Å². The molecule has 0 saturated heterocycles. The zero-order chi connectivity index (χ0) is 10.0. The molecule has 2 N–H and O–H groups in total. The Morgan fingerprint density at radius 3 is 2.23 bits per heavy atom. The van der Waals surface area contributed by atoms with E-state index in [1.165, 1.54) is 0 Å². The van der Waals surface area contributed by atoms with Crippen LogP contribution in [0.5, 0.6) is 0 Å². The highest BCUT2D eigenvalue weighted by molar-refractivity contribution is 5.22. The molecule has 0 aliphatic rings. The minimum atomic E-state index is -1.19. The molecule has 0 heterocycles. The molecule has 13 heavy (non-hydrogen) atoms. The fraction of sp³-hybridized carbons (Fsp3) is 0.333. The highest BCUT2D eigenvalue weighted by atomic mass is 19.2. The van der Waals surface area contributed by atoms with Crippen LogP contribution in [0.2, 0.25) is 0 Å². The molecule has 1 nitrogen and oxygen atoms in total. The van der Waals surface area contributed by atoms with Crippen LogP contribution in [-0.2, 0) is 0 Å². The third-order valence-corrected chi connectivity index (χ3v) is 1.88. The first kappa shape index (κ1) is 10.1. The smallest absolute Gasteiger partial charge is 0.161 e. The van der Waals surface area contributed by atoms with E-state index in [0.29, 0.717) is 12.5 Å². The number of benzene rings is 1. The molecule has 0 bridgehead atoms. The minimum Gasteiger partial charge on any atom is -0.324 e. The van der Waals surface area contributed by atoms with Gasteiger partial charge in [-0.2, -0.15) is 0 Å². The Morgan fingerprint density at radius 1 is 1.15 bits per heavy atom. The molecular weight excluding hydrogens is 179 g/mol. The molecule has 0 saturated carbocycles. The van der Waals surface area contributed by atoms with E-state index in [4.69, 9.17) is 5.73 Å². The predicted octanol–water partition coefficient (Wildman–Crippen LogP) is 2.51. The SMILES string of the molecule is CCC(N)c1cc(F)c(F)cc1F. The first-order valence-corrected chi connectivity index (χ1v) is 3.96. The number of rotatable bonds is 2. The minimum absolute atomic E-state index is 0.0152. The summed E-state index contributed by atoms with van der Waals surface area (Å²) in [5.41, 5.74) is 5.50. The van der Waals surface area contributed by atoms with Gasteiger partial charge in [-0.25, -0.2) is 13.2 Å². The molecule has 1 aromatic carbocycles. The highest BCUT2D eigenvalue weighted by Gasteiger charge is 2.13. The number of hydrogen-bond acceptors (Lipinski definition) is 1. The molecule has 0 aliphatic carbocycles. The Kier molecular flexibility index (Phi) is 2.93. The lowest BCUT2D eigenvalue weighted by Gasteiger charge is -2.10. The lowest BCUT2D eigenvalue weighted by Crippen LogP contribution is -2.11. The van der Waals surface area contributed by atoms with Gasteiger partial charge in [-0.1, -0.05) is 6.92 Å². The average Bonchev–Trinajstić information content (AvgIpc) is 2.10. The monoisotopic (exact) mass is 189 g/mol. The number of hydrogen-bond donors (Lipinski definition) is 1. The Morgan fingerprint density at radius 2 is 1.69 bits per heavy atom. The molecule has 0 radical (unpaired) electrons. The maximum atomic E-state index is 13.0. The van der Waals surface area contributed by atoms with E-state index in [-0.39, 0.29) is 5.56 Å². The summed E-state index contributed by atoms with van der Waals surface area (Å²) in [6.07, 6.45) is 0.474. The van der Waals surface area contributed by atoms with Crippen molar-refractivity contribution in [3.63, 3.8) is 0 Å². The Balaban J connectivity index is 3.15. The van der Waals surface area contributed by atoms with Crippen molar-refractivity contribution in [3.8, 4) is 0 Å². The summed E-state index contributed by atoms with van der Waals surface area (Å²) in [5, 5.41) is 0. The number of nitrogens with two attached hydrogens (primary N) is 1. The lowest BCUT2D eigenvalue weighted by atomic mass is 10.0. The van der Waals surface area contributed by atoms with Gasteiger partial charge in [0.05, 0.1) is 0 Å². The zero-order valence-electron chi connectivity index (χ0n) is 7.15. The standard InChI is InChI=1S/C9H10F3N/c1-2-9(13)5-3-7(11)8(12)4-6(5)10/h3-4,9H,2,13H2,1H3. The quantitative estimate of drug-likeness (QED) is 0.711. The maximum absolute atomic E-state index is 13.0. The van der Waals surface area contributed by atoms with E-state index in [1.807, 2.05) is 0 Å². The third-order valence-electron chi connectivity index (χ3n) is 1.88. The molecule has 0 aromatic heterocycles.